The van der Waals surface area contributed by atoms with Gasteiger partial charge in [-0.25, -0.2) is 9.37 Å². The molecule has 18 heavy (non-hydrogen) atoms. The van der Waals surface area contributed by atoms with Crippen molar-refractivity contribution in [2.24, 2.45) is 0 Å². The van der Waals surface area contributed by atoms with E-state index >= 15 is 0 Å². The molecule has 94 valence electrons. The number of hydrogen-bond donors (Lipinski definition) is 0. The molecule has 2 aromatic rings. The SMILES string of the molecule is Fc1ccc([Si]2(Cn3cncn3)CCCC2)cc1. The zero-order chi connectivity index (χ0) is 12.4. The van der Waals surface area contributed by atoms with Crippen LogP contribution in [0, 0.1) is 5.82 Å². The summed E-state index contributed by atoms with van der Waals surface area (Å²) in [5.41, 5.74) is 0. The van der Waals surface area contributed by atoms with Crippen molar-refractivity contribution in [2.75, 3.05) is 0 Å². The first-order chi connectivity index (χ1) is 8.78. The minimum Gasteiger partial charge on any atom is -0.256 e. The van der Waals surface area contributed by atoms with Crippen LogP contribution in [0.4, 0.5) is 4.39 Å². The molecule has 1 fully saturated rings. The van der Waals surface area contributed by atoms with Gasteiger partial charge in [0.1, 0.15) is 26.5 Å². The van der Waals surface area contributed by atoms with E-state index in [1.54, 1.807) is 24.8 Å². The van der Waals surface area contributed by atoms with E-state index in [0.29, 0.717) is 0 Å². The molecular formula is C13H16FN3Si. The Kier molecular flexibility index (Phi) is 2.99. The molecular weight excluding hydrogens is 245 g/mol. The molecule has 5 heteroatoms. The second kappa shape index (κ2) is 4.64. The molecule has 0 bridgehead atoms. The van der Waals surface area contributed by atoms with Crippen molar-refractivity contribution in [1.82, 2.24) is 14.8 Å². The lowest BCUT2D eigenvalue weighted by Gasteiger charge is -2.26. The lowest BCUT2D eigenvalue weighted by Crippen LogP contribution is -2.49. The van der Waals surface area contributed by atoms with E-state index in [1.807, 2.05) is 16.8 Å². The summed E-state index contributed by atoms with van der Waals surface area (Å²) in [5, 5.41) is 5.59. The van der Waals surface area contributed by atoms with Gasteiger partial charge in [0.25, 0.3) is 0 Å². The third-order valence-electron chi connectivity index (χ3n) is 3.95. The lowest BCUT2D eigenvalue weighted by atomic mass is 10.3. The van der Waals surface area contributed by atoms with Gasteiger partial charge in [-0.1, -0.05) is 42.2 Å². The Labute approximate surface area is 107 Å². The molecule has 3 rings (SSSR count). The molecule has 1 saturated heterocycles. The van der Waals surface area contributed by atoms with Crippen LogP contribution in [0.25, 0.3) is 0 Å². The van der Waals surface area contributed by atoms with Crippen LogP contribution in [0.3, 0.4) is 0 Å². The summed E-state index contributed by atoms with van der Waals surface area (Å²) in [6.07, 6.45) is 6.92. The van der Waals surface area contributed by atoms with E-state index in [9.17, 15) is 4.39 Å². The van der Waals surface area contributed by atoms with Crippen LogP contribution < -0.4 is 5.19 Å². The highest BCUT2D eigenvalue weighted by molar-refractivity contribution is 6.91. The van der Waals surface area contributed by atoms with Crippen molar-refractivity contribution in [3.63, 3.8) is 0 Å². The van der Waals surface area contributed by atoms with E-state index in [1.165, 1.54) is 30.1 Å². The molecule has 1 aromatic carbocycles. The van der Waals surface area contributed by atoms with Crippen molar-refractivity contribution in [2.45, 2.75) is 31.1 Å². The van der Waals surface area contributed by atoms with E-state index in [0.717, 1.165) is 6.17 Å². The van der Waals surface area contributed by atoms with E-state index < -0.39 is 8.07 Å². The fourth-order valence-electron chi connectivity index (χ4n) is 3.02. The average molecular weight is 261 g/mol. The average Bonchev–Trinajstić information content (AvgIpc) is 3.03. The van der Waals surface area contributed by atoms with Crippen molar-refractivity contribution < 1.29 is 4.39 Å². The normalized spacial score (nSPS) is 18.1. The summed E-state index contributed by atoms with van der Waals surface area (Å²) >= 11 is 0. The molecule has 0 spiro atoms. The molecule has 0 N–H and O–H groups in total. The van der Waals surface area contributed by atoms with E-state index in [2.05, 4.69) is 10.1 Å². The Hall–Kier alpha value is -1.49. The third-order valence-corrected chi connectivity index (χ3v) is 9.06. The second-order valence-corrected chi connectivity index (χ2v) is 9.54. The Morgan fingerprint density at radius 3 is 2.50 bits per heavy atom. The first-order valence-corrected chi connectivity index (χ1v) is 8.99. The standard InChI is InChI=1S/C13H16FN3Si/c14-12-3-5-13(6-4-12)18(7-1-2-8-18)11-17-10-15-9-16-17/h3-6,9-10H,1-2,7-8,11H2. The molecule has 0 unspecified atom stereocenters. The first kappa shape index (κ1) is 11.6. The molecule has 1 aromatic heterocycles. The fraction of sp³-hybridized carbons (Fsp3) is 0.385. The molecule has 1 aliphatic rings. The molecule has 0 radical (unpaired) electrons. The Morgan fingerprint density at radius 2 is 1.89 bits per heavy atom. The Morgan fingerprint density at radius 1 is 1.17 bits per heavy atom. The van der Waals surface area contributed by atoms with Crippen LogP contribution in [0.15, 0.2) is 36.9 Å². The van der Waals surface area contributed by atoms with Gasteiger partial charge in [0.05, 0.1) is 0 Å². The molecule has 0 amide bonds. The number of hydrogen-bond acceptors (Lipinski definition) is 2. The largest absolute Gasteiger partial charge is 0.256 e. The molecule has 3 nitrogen and oxygen atoms in total. The molecule has 2 heterocycles. The summed E-state index contributed by atoms with van der Waals surface area (Å²) in [6.45, 7) is 0. The van der Waals surface area contributed by atoms with Crippen molar-refractivity contribution in [3.8, 4) is 0 Å². The van der Waals surface area contributed by atoms with Crippen LogP contribution >= 0.6 is 0 Å². The quantitative estimate of drug-likeness (QED) is 0.792. The molecule has 0 atom stereocenters. The second-order valence-electron chi connectivity index (χ2n) is 5.09. The van der Waals surface area contributed by atoms with Crippen LogP contribution in [0.1, 0.15) is 12.8 Å². The molecule has 0 aliphatic carbocycles. The highest BCUT2D eigenvalue weighted by Gasteiger charge is 2.38. The fourth-order valence-corrected chi connectivity index (χ4v) is 7.85. The number of halogens is 1. The minimum atomic E-state index is -1.54. The minimum absolute atomic E-state index is 0.151. The Bertz CT molecular complexity index is 504. The van der Waals surface area contributed by atoms with Gasteiger partial charge in [-0.3, -0.25) is 4.68 Å². The van der Waals surface area contributed by atoms with Gasteiger partial charge >= 0.3 is 0 Å². The van der Waals surface area contributed by atoms with Crippen molar-refractivity contribution in [3.05, 3.63) is 42.7 Å². The summed E-state index contributed by atoms with van der Waals surface area (Å²) < 4.78 is 15.0. The molecule has 0 saturated carbocycles. The van der Waals surface area contributed by atoms with Crippen LogP contribution in [-0.4, -0.2) is 22.8 Å². The van der Waals surface area contributed by atoms with Crippen LogP contribution in [0.5, 0.6) is 0 Å². The van der Waals surface area contributed by atoms with Crippen molar-refractivity contribution >= 4 is 13.3 Å². The maximum Gasteiger partial charge on any atom is 0.137 e. The topological polar surface area (TPSA) is 30.7 Å². The number of aromatic nitrogens is 3. The third kappa shape index (κ3) is 2.10. The number of nitrogens with zero attached hydrogens (tertiary/aromatic N) is 3. The summed E-state index contributed by atoms with van der Waals surface area (Å²) in [4.78, 5) is 4.02. The first-order valence-electron chi connectivity index (χ1n) is 6.37. The highest BCUT2D eigenvalue weighted by Crippen LogP contribution is 2.31. The van der Waals surface area contributed by atoms with Gasteiger partial charge in [-0.05, 0) is 12.1 Å². The van der Waals surface area contributed by atoms with E-state index in [-0.39, 0.29) is 5.82 Å². The number of benzene rings is 1. The Balaban J connectivity index is 1.93. The smallest absolute Gasteiger partial charge is 0.137 e. The van der Waals surface area contributed by atoms with Crippen LogP contribution in [0.2, 0.25) is 12.1 Å². The predicted octanol–water partition coefficient (Wildman–Crippen LogP) is 2.11. The van der Waals surface area contributed by atoms with Gasteiger partial charge in [0.15, 0.2) is 0 Å². The maximum absolute atomic E-state index is 13.1. The van der Waals surface area contributed by atoms with E-state index in [4.69, 9.17) is 0 Å². The summed E-state index contributed by atoms with van der Waals surface area (Å²) in [6, 6.07) is 9.68. The lowest BCUT2D eigenvalue weighted by molar-refractivity contribution is 0.628. The van der Waals surface area contributed by atoms with Gasteiger partial charge < -0.3 is 0 Å². The predicted molar refractivity (Wildman–Crippen MR) is 70.7 cm³/mol. The van der Waals surface area contributed by atoms with Gasteiger partial charge in [0.2, 0.25) is 0 Å². The highest BCUT2D eigenvalue weighted by atomic mass is 28.3. The zero-order valence-corrected chi connectivity index (χ0v) is 11.2. The van der Waals surface area contributed by atoms with Crippen LogP contribution in [-0.2, 0) is 6.17 Å². The maximum atomic E-state index is 13.1. The monoisotopic (exact) mass is 261 g/mol. The summed E-state index contributed by atoms with van der Waals surface area (Å²) in [5.74, 6) is -0.151. The van der Waals surface area contributed by atoms with Gasteiger partial charge in [-0.15, -0.1) is 0 Å². The number of rotatable bonds is 3. The summed E-state index contributed by atoms with van der Waals surface area (Å²) in [7, 11) is -1.54. The van der Waals surface area contributed by atoms with Gasteiger partial charge in [-0.2, -0.15) is 5.10 Å². The van der Waals surface area contributed by atoms with Crippen molar-refractivity contribution in [1.29, 1.82) is 0 Å². The molecule has 1 aliphatic heterocycles. The van der Waals surface area contributed by atoms with Gasteiger partial charge in [0, 0.05) is 6.17 Å². The zero-order valence-electron chi connectivity index (χ0n) is 10.2.